The molecule has 2 aromatic carbocycles. The number of amides is 2. The van der Waals surface area contributed by atoms with E-state index in [1.54, 1.807) is 28.0 Å². The van der Waals surface area contributed by atoms with Crippen LogP contribution in [0.1, 0.15) is 23.1 Å². The molecule has 0 N–H and O–H groups in total. The van der Waals surface area contributed by atoms with Gasteiger partial charge < -0.3 is 14.7 Å². The van der Waals surface area contributed by atoms with Crippen molar-refractivity contribution < 1.29 is 14.0 Å². The van der Waals surface area contributed by atoms with Gasteiger partial charge in [0.15, 0.2) is 0 Å². The lowest BCUT2D eigenvalue weighted by Crippen LogP contribution is -2.40. The zero-order valence-electron chi connectivity index (χ0n) is 18.0. The molecule has 6 heteroatoms. The highest BCUT2D eigenvalue weighted by molar-refractivity contribution is 5.89. The monoisotopic (exact) mass is 411 g/mol. The summed E-state index contributed by atoms with van der Waals surface area (Å²) < 4.78 is 14.2. The summed E-state index contributed by atoms with van der Waals surface area (Å²) in [5.74, 6) is -0.798. The van der Waals surface area contributed by atoms with Crippen LogP contribution in [-0.2, 0) is 22.7 Å². The second-order valence-electron chi connectivity index (χ2n) is 8.32. The van der Waals surface area contributed by atoms with Gasteiger partial charge in [-0.05, 0) is 32.6 Å². The molecule has 1 unspecified atom stereocenters. The van der Waals surface area contributed by atoms with E-state index in [1.165, 1.54) is 11.6 Å². The minimum atomic E-state index is -0.392. The van der Waals surface area contributed by atoms with E-state index in [2.05, 4.69) is 0 Å². The number of nitrogens with zero attached hydrogens (tertiary/aromatic N) is 3. The van der Waals surface area contributed by atoms with Crippen molar-refractivity contribution in [3.05, 3.63) is 71.0 Å². The van der Waals surface area contributed by atoms with Crippen LogP contribution in [-0.4, -0.2) is 60.2 Å². The van der Waals surface area contributed by atoms with E-state index >= 15 is 0 Å². The largest absolute Gasteiger partial charge is 0.338 e. The van der Waals surface area contributed by atoms with Gasteiger partial charge in [0.05, 0.1) is 5.92 Å². The fraction of sp³-hybridized carbons (Fsp3) is 0.417. The number of carbonyl (C=O) groups is 2. The number of likely N-dealkylation sites (tertiary alicyclic amines) is 1. The van der Waals surface area contributed by atoms with E-state index in [9.17, 15) is 14.0 Å². The molecule has 2 aromatic rings. The lowest BCUT2D eigenvalue weighted by Gasteiger charge is -2.27. The highest BCUT2D eigenvalue weighted by Gasteiger charge is 2.36. The molecule has 0 spiro atoms. The van der Waals surface area contributed by atoms with E-state index in [1.807, 2.05) is 50.2 Å². The second-order valence-corrected chi connectivity index (χ2v) is 8.32. The van der Waals surface area contributed by atoms with Gasteiger partial charge in [0.25, 0.3) is 0 Å². The number of aryl methyl sites for hydroxylation is 1. The highest BCUT2D eigenvalue weighted by Crippen LogP contribution is 2.23. The molecule has 1 saturated heterocycles. The Labute approximate surface area is 178 Å². The Morgan fingerprint density at radius 3 is 2.47 bits per heavy atom. The zero-order chi connectivity index (χ0) is 21.7. The second kappa shape index (κ2) is 9.85. The summed E-state index contributed by atoms with van der Waals surface area (Å²) in [4.78, 5) is 31.2. The van der Waals surface area contributed by atoms with Gasteiger partial charge in [-0.1, -0.05) is 48.0 Å². The highest BCUT2D eigenvalue weighted by atomic mass is 19.1. The van der Waals surface area contributed by atoms with Gasteiger partial charge in [0.2, 0.25) is 11.8 Å². The van der Waals surface area contributed by atoms with Crippen molar-refractivity contribution in [3.63, 3.8) is 0 Å². The summed E-state index contributed by atoms with van der Waals surface area (Å²) in [6, 6.07) is 14.6. The van der Waals surface area contributed by atoms with E-state index < -0.39 is 5.92 Å². The molecule has 0 saturated carbocycles. The summed E-state index contributed by atoms with van der Waals surface area (Å²) in [5, 5.41) is 0. The molecule has 0 bridgehead atoms. The Bertz CT molecular complexity index is 882. The summed E-state index contributed by atoms with van der Waals surface area (Å²) in [5.41, 5.74) is 2.72. The zero-order valence-corrected chi connectivity index (χ0v) is 18.0. The third kappa shape index (κ3) is 5.66. The maximum absolute atomic E-state index is 14.2. The molecule has 5 nitrogen and oxygen atoms in total. The Balaban J connectivity index is 1.69. The number of carbonyl (C=O) groups excluding carboxylic acids is 2. The van der Waals surface area contributed by atoms with E-state index in [0.29, 0.717) is 31.7 Å². The van der Waals surface area contributed by atoms with Crippen molar-refractivity contribution in [2.45, 2.75) is 26.4 Å². The Kier molecular flexibility index (Phi) is 7.21. The smallest absolute Gasteiger partial charge is 0.228 e. The summed E-state index contributed by atoms with van der Waals surface area (Å²) >= 11 is 0. The molecule has 0 aliphatic carbocycles. The normalized spacial score (nSPS) is 16.4. The van der Waals surface area contributed by atoms with Gasteiger partial charge in [-0.2, -0.15) is 0 Å². The molecule has 3 rings (SSSR count). The van der Waals surface area contributed by atoms with Crippen LogP contribution in [0.5, 0.6) is 0 Å². The average molecular weight is 412 g/mol. The van der Waals surface area contributed by atoms with Gasteiger partial charge >= 0.3 is 0 Å². The predicted molar refractivity (Wildman–Crippen MR) is 115 cm³/mol. The van der Waals surface area contributed by atoms with E-state index in [-0.39, 0.29) is 30.6 Å². The van der Waals surface area contributed by atoms with Crippen molar-refractivity contribution in [2.75, 3.05) is 33.7 Å². The summed E-state index contributed by atoms with van der Waals surface area (Å²) in [6.45, 7) is 4.31. The molecule has 1 heterocycles. The molecular formula is C24H30FN3O2. The van der Waals surface area contributed by atoms with Crippen molar-refractivity contribution in [2.24, 2.45) is 5.92 Å². The van der Waals surface area contributed by atoms with Gasteiger partial charge in [-0.15, -0.1) is 0 Å². The first-order chi connectivity index (χ1) is 14.3. The first-order valence-corrected chi connectivity index (χ1v) is 10.3. The van der Waals surface area contributed by atoms with Crippen LogP contribution in [0.4, 0.5) is 4.39 Å². The van der Waals surface area contributed by atoms with Crippen molar-refractivity contribution in [3.8, 4) is 0 Å². The molecule has 1 fully saturated rings. The van der Waals surface area contributed by atoms with Gasteiger partial charge in [0.1, 0.15) is 5.82 Å². The third-order valence-corrected chi connectivity index (χ3v) is 5.51. The molecule has 0 radical (unpaired) electrons. The number of likely N-dealkylation sites (N-methyl/N-ethyl adjacent to an activating group) is 1. The quantitative estimate of drug-likeness (QED) is 0.671. The first kappa shape index (κ1) is 22.0. The van der Waals surface area contributed by atoms with Crippen LogP contribution < -0.4 is 0 Å². The number of hydrogen-bond donors (Lipinski definition) is 0. The fourth-order valence-corrected chi connectivity index (χ4v) is 3.68. The van der Waals surface area contributed by atoms with Gasteiger partial charge in [0, 0.05) is 44.7 Å². The maximum atomic E-state index is 14.2. The Hall–Kier alpha value is -2.73. The van der Waals surface area contributed by atoms with Crippen molar-refractivity contribution in [1.29, 1.82) is 0 Å². The summed E-state index contributed by atoms with van der Waals surface area (Å²) in [6.07, 6.45) is 0.209. The molecule has 1 atom stereocenters. The van der Waals surface area contributed by atoms with Crippen LogP contribution in [0.25, 0.3) is 0 Å². The van der Waals surface area contributed by atoms with Crippen molar-refractivity contribution >= 4 is 11.8 Å². The molecule has 1 aliphatic heterocycles. The molecule has 30 heavy (non-hydrogen) atoms. The standard InChI is InChI=1S/C24H30FN3O2/c1-18-8-10-19(11-9-18)15-28-17-21(14-23(28)29)24(30)27(13-12-26(2)3)16-20-6-4-5-7-22(20)25/h4-11,21H,12-17H2,1-3H3. The Morgan fingerprint density at radius 2 is 1.80 bits per heavy atom. The molecule has 160 valence electrons. The number of hydrogen-bond acceptors (Lipinski definition) is 3. The van der Waals surface area contributed by atoms with Gasteiger partial charge in [-0.3, -0.25) is 9.59 Å². The summed E-state index contributed by atoms with van der Waals surface area (Å²) in [7, 11) is 3.88. The van der Waals surface area contributed by atoms with Crippen LogP contribution in [0.15, 0.2) is 48.5 Å². The minimum absolute atomic E-state index is 0.00706. The average Bonchev–Trinajstić information content (AvgIpc) is 3.08. The topological polar surface area (TPSA) is 43.9 Å². The molecule has 1 aliphatic rings. The van der Waals surface area contributed by atoms with Crippen LogP contribution >= 0.6 is 0 Å². The van der Waals surface area contributed by atoms with Crippen molar-refractivity contribution in [1.82, 2.24) is 14.7 Å². The molecule has 2 amide bonds. The van der Waals surface area contributed by atoms with Crippen LogP contribution in [0, 0.1) is 18.7 Å². The van der Waals surface area contributed by atoms with Crippen LogP contribution in [0.3, 0.4) is 0 Å². The SMILES string of the molecule is Cc1ccc(CN2CC(C(=O)N(CCN(C)C)Cc3ccccc3F)CC2=O)cc1. The minimum Gasteiger partial charge on any atom is -0.338 e. The lowest BCUT2D eigenvalue weighted by atomic mass is 10.1. The maximum Gasteiger partial charge on any atom is 0.228 e. The fourth-order valence-electron chi connectivity index (χ4n) is 3.68. The third-order valence-electron chi connectivity index (χ3n) is 5.51. The van der Waals surface area contributed by atoms with Gasteiger partial charge in [-0.25, -0.2) is 4.39 Å². The Morgan fingerprint density at radius 1 is 1.10 bits per heavy atom. The molecular weight excluding hydrogens is 381 g/mol. The van der Waals surface area contributed by atoms with E-state index in [0.717, 1.165) is 5.56 Å². The predicted octanol–water partition coefficient (Wildman–Crippen LogP) is 3.07. The van der Waals surface area contributed by atoms with E-state index in [4.69, 9.17) is 0 Å². The number of benzene rings is 2. The number of halogens is 1. The number of rotatable bonds is 8. The lowest BCUT2D eigenvalue weighted by molar-refractivity contribution is -0.136. The first-order valence-electron chi connectivity index (χ1n) is 10.3. The molecule has 0 aromatic heterocycles. The van der Waals surface area contributed by atoms with Crippen LogP contribution in [0.2, 0.25) is 0 Å².